The van der Waals surface area contributed by atoms with Gasteiger partial charge in [0.2, 0.25) is 5.95 Å². The summed E-state index contributed by atoms with van der Waals surface area (Å²) in [5.74, 6) is -1.98. The Bertz CT molecular complexity index is 1200. The van der Waals surface area contributed by atoms with Crippen molar-refractivity contribution in [3.8, 4) is 5.75 Å². The summed E-state index contributed by atoms with van der Waals surface area (Å²) in [7, 11) is -1.25. The fourth-order valence-electron chi connectivity index (χ4n) is 2.80. The number of hydrogen-bond acceptors (Lipinski definition) is 7. The zero-order valence-electron chi connectivity index (χ0n) is 16.8. The molecule has 3 aromatic rings. The lowest BCUT2D eigenvalue weighted by Crippen LogP contribution is -2.11. The molecule has 0 spiro atoms. The molecule has 11 heteroatoms. The molecular weight excluding hydrogens is 446 g/mol. The molecule has 0 saturated carbocycles. The van der Waals surface area contributed by atoms with E-state index in [1.807, 2.05) is 0 Å². The summed E-state index contributed by atoms with van der Waals surface area (Å²) in [6.07, 6.45) is 1.34. The molecule has 3 N–H and O–H groups in total. The number of nitrogens with one attached hydrogen (secondary N) is 2. The van der Waals surface area contributed by atoms with Crippen molar-refractivity contribution in [3.05, 3.63) is 59.0 Å². The number of methoxy groups -OCH3 is 1. The second-order valence-corrected chi connectivity index (χ2v) is 10.4. The van der Waals surface area contributed by atoms with Gasteiger partial charge in [0.15, 0.2) is 5.82 Å². The van der Waals surface area contributed by atoms with Crippen LogP contribution in [0.4, 0.5) is 27.5 Å². The molecule has 0 saturated heterocycles. The average molecular weight is 465 g/mol. The fourth-order valence-corrected chi connectivity index (χ4v) is 4.09. The number of halogens is 2. The molecule has 0 bridgehead atoms. The van der Waals surface area contributed by atoms with Crippen molar-refractivity contribution in [2.45, 2.75) is 0 Å². The highest BCUT2D eigenvalue weighted by atomic mass is 35.5. The first-order chi connectivity index (χ1) is 14.6. The first kappa shape index (κ1) is 22.5. The number of carboxylic acid groups (broad SMARTS) is 1. The quantitative estimate of drug-likeness (QED) is 0.431. The Hall–Kier alpha value is -3.16. The number of nitrogens with zero attached hydrogens (tertiary/aromatic N) is 2. The Balaban J connectivity index is 1.96. The van der Waals surface area contributed by atoms with Crippen molar-refractivity contribution in [3.63, 3.8) is 0 Å². The van der Waals surface area contributed by atoms with E-state index in [0.29, 0.717) is 11.0 Å². The molecular formula is C20H19ClFN4O4P. The number of hydrogen-bond donors (Lipinski definition) is 3. The second kappa shape index (κ2) is 8.91. The summed E-state index contributed by atoms with van der Waals surface area (Å²) < 4.78 is 31.9. The SMILES string of the molecule is COc1cc(C(=O)O)c(F)cc1Nc1ncc(Cl)c(Nc2ccccc2P(C)(C)=O)n1. The van der Waals surface area contributed by atoms with Gasteiger partial charge in [-0.15, -0.1) is 0 Å². The van der Waals surface area contributed by atoms with E-state index in [9.17, 15) is 13.8 Å². The van der Waals surface area contributed by atoms with Crippen LogP contribution in [-0.2, 0) is 4.57 Å². The van der Waals surface area contributed by atoms with E-state index in [2.05, 4.69) is 20.6 Å². The van der Waals surface area contributed by atoms with E-state index in [4.69, 9.17) is 21.4 Å². The predicted octanol–water partition coefficient (Wildman–Crippen LogP) is 4.71. The van der Waals surface area contributed by atoms with Crippen LogP contribution in [0.3, 0.4) is 0 Å². The number of aromatic nitrogens is 2. The minimum Gasteiger partial charge on any atom is -0.495 e. The van der Waals surface area contributed by atoms with Gasteiger partial charge >= 0.3 is 5.97 Å². The maximum atomic E-state index is 14.1. The molecule has 0 aliphatic rings. The van der Waals surface area contributed by atoms with E-state index in [1.165, 1.54) is 13.3 Å². The lowest BCUT2D eigenvalue weighted by atomic mass is 10.1. The Morgan fingerprint density at radius 2 is 1.90 bits per heavy atom. The minimum absolute atomic E-state index is 0.0568. The van der Waals surface area contributed by atoms with Gasteiger partial charge in [-0.25, -0.2) is 14.2 Å². The molecule has 0 atom stereocenters. The normalized spacial score (nSPS) is 11.1. The third kappa shape index (κ3) is 5.13. The highest BCUT2D eigenvalue weighted by molar-refractivity contribution is 7.70. The molecule has 0 radical (unpaired) electrons. The molecule has 162 valence electrons. The van der Waals surface area contributed by atoms with Crippen molar-refractivity contribution in [2.75, 3.05) is 31.1 Å². The van der Waals surface area contributed by atoms with Gasteiger partial charge in [0.1, 0.15) is 23.7 Å². The van der Waals surface area contributed by atoms with Crippen molar-refractivity contribution in [2.24, 2.45) is 0 Å². The Kier molecular flexibility index (Phi) is 6.48. The molecule has 3 rings (SSSR count). The first-order valence-corrected chi connectivity index (χ1v) is 11.9. The smallest absolute Gasteiger partial charge is 0.338 e. The van der Waals surface area contributed by atoms with Crippen LogP contribution in [0.5, 0.6) is 5.75 Å². The maximum absolute atomic E-state index is 14.1. The zero-order chi connectivity index (χ0) is 22.8. The van der Waals surface area contributed by atoms with E-state index in [0.717, 1.165) is 12.1 Å². The van der Waals surface area contributed by atoms with Gasteiger partial charge in [0.25, 0.3) is 0 Å². The number of carbonyl (C=O) groups is 1. The van der Waals surface area contributed by atoms with Crippen LogP contribution >= 0.6 is 18.7 Å². The Morgan fingerprint density at radius 3 is 2.55 bits per heavy atom. The predicted molar refractivity (Wildman–Crippen MR) is 119 cm³/mol. The fraction of sp³-hybridized carbons (Fsp3) is 0.150. The van der Waals surface area contributed by atoms with Gasteiger partial charge in [-0.2, -0.15) is 4.98 Å². The summed E-state index contributed by atoms with van der Waals surface area (Å²) in [4.78, 5) is 19.5. The molecule has 0 aliphatic heterocycles. The Morgan fingerprint density at radius 1 is 1.19 bits per heavy atom. The van der Waals surface area contributed by atoms with Crippen LogP contribution in [0.25, 0.3) is 0 Å². The summed E-state index contributed by atoms with van der Waals surface area (Å²) in [6, 6.07) is 9.13. The van der Waals surface area contributed by atoms with E-state index >= 15 is 0 Å². The molecule has 8 nitrogen and oxygen atoms in total. The Labute approximate surface area is 182 Å². The van der Waals surface area contributed by atoms with Gasteiger partial charge in [-0.3, -0.25) is 0 Å². The van der Waals surface area contributed by atoms with E-state index < -0.39 is 24.5 Å². The largest absolute Gasteiger partial charge is 0.495 e. The highest BCUT2D eigenvalue weighted by Crippen LogP contribution is 2.38. The van der Waals surface area contributed by atoms with Gasteiger partial charge in [-0.05, 0) is 31.5 Å². The molecule has 0 amide bonds. The molecule has 2 aromatic carbocycles. The van der Waals surface area contributed by atoms with Crippen LogP contribution in [0.2, 0.25) is 5.02 Å². The number of aromatic carboxylic acids is 1. The second-order valence-electron chi connectivity index (χ2n) is 6.85. The van der Waals surface area contributed by atoms with Crippen molar-refractivity contribution in [1.82, 2.24) is 9.97 Å². The molecule has 0 unspecified atom stereocenters. The number of anilines is 4. The number of benzene rings is 2. The number of carboxylic acids is 1. The standard InChI is InChI=1S/C20H19ClFN4O4P/c1-30-16-8-11(19(27)28)13(22)9-15(16)25-20-23-10-12(21)18(26-20)24-14-6-4-5-7-17(14)31(2,3)29/h4-10H,1-3H3,(H,27,28)(H2,23,24,25,26). The first-order valence-electron chi connectivity index (χ1n) is 8.92. The van der Waals surface area contributed by atoms with Gasteiger partial charge in [0.05, 0.1) is 30.2 Å². The molecule has 0 fully saturated rings. The van der Waals surface area contributed by atoms with Gasteiger partial charge in [-0.1, -0.05) is 23.7 Å². The summed E-state index contributed by atoms with van der Waals surface area (Å²) in [5, 5.41) is 15.8. The zero-order valence-corrected chi connectivity index (χ0v) is 18.5. The summed E-state index contributed by atoms with van der Waals surface area (Å²) in [5.41, 5.74) is 0.184. The lowest BCUT2D eigenvalue weighted by molar-refractivity contribution is 0.0691. The number of ether oxygens (including phenoxy) is 1. The molecule has 0 aliphatic carbocycles. The average Bonchev–Trinajstić information content (AvgIpc) is 2.70. The van der Waals surface area contributed by atoms with Crippen LogP contribution in [0.1, 0.15) is 10.4 Å². The molecule has 1 heterocycles. The highest BCUT2D eigenvalue weighted by Gasteiger charge is 2.19. The van der Waals surface area contributed by atoms with Crippen molar-refractivity contribution < 1.29 is 23.6 Å². The van der Waals surface area contributed by atoms with Crippen molar-refractivity contribution >= 4 is 53.2 Å². The van der Waals surface area contributed by atoms with Crippen molar-refractivity contribution in [1.29, 1.82) is 0 Å². The summed E-state index contributed by atoms with van der Waals surface area (Å²) in [6.45, 7) is 3.31. The number of para-hydroxylation sites is 1. The van der Waals surface area contributed by atoms with Crippen LogP contribution in [0, 0.1) is 5.82 Å². The van der Waals surface area contributed by atoms with Gasteiger partial charge in [0, 0.05) is 11.4 Å². The third-order valence-electron chi connectivity index (χ3n) is 4.25. The molecule has 31 heavy (non-hydrogen) atoms. The summed E-state index contributed by atoms with van der Waals surface area (Å²) >= 11 is 6.22. The van der Waals surface area contributed by atoms with E-state index in [-0.39, 0.29) is 28.2 Å². The molecule has 1 aromatic heterocycles. The van der Waals surface area contributed by atoms with Crippen LogP contribution < -0.4 is 20.7 Å². The topological polar surface area (TPSA) is 113 Å². The van der Waals surface area contributed by atoms with Gasteiger partial charge < -0.3 is 25.0 Å². The lowest BCUT2D eigenvalue weighted by Gasteiger charge is -2.16. The number of rotatable bonds is 7. The monoisotopic (exact) mass is 464 g/mol. The minimum atomic E-state index is -2.57. The van der Waals surface area contributed by atoms with Crippen LogP contribution in [0.15, 0.2) is 42.6 Å². The maximum Gasteiger partial charge on any atom is 0.338 e. The third-order valence-corrected chi connectivity index (χ3v) is 6.07. The van der Waals surface area contributed by atoms with Crippen LogP contribution in [-0.4, -0.2) is 41.5 Å². The van der Waals surface area contributed by atoms with E-state index in [1.54, 1.807) is 37.6 Å².